The van der Waals surface area contributed by atoms with Crippen LogP contribution in [0.3, 0.4) is 0 Å². The van der Waals surface area contributed by atoms with E-state index in [1.165, 1.54) is 25.3 Å². The first-order valence-electron chi connectivity index (χ1n) is 10.7. The first-order chi connectivity index (χ1) is 16.4. The predicted molar refractivity (Wildman–Crippen MR) is 128 cm³/mol. The topological polar surface area (TPSA) is 111 Å². The second-order valence-electron chi connectivity index (χ2n) is 7.72. The van der Waals surface area contributed by atoms with Gasteiger partial charge in [0.1, 0.15) is 22.0 Å². The molecule has 2 N–H and O–H groups in total. The van der Waals surface area contributed by atoms with Crippen LogP contribution in [-0.2, 0) is 16.4 Å². The van der Waals surface area contributed by atoms with Crippen molar-refractivity contribution in [2.75, 3.05) is 13.7 Å². The summed E-state index contributed by atoms with van der Waals surface area (Å²) in [6, 6.07) is 18.8. The standard InChI is InChI=1S/C25H25N3O5S/c1-17(23-15-18-7-3-4-9-21(18)33-23)28-25(29)19-10-11-22(32-2)24(16-19)34(30,31)27-14-12-20-8-5-6-13-26-20/h3-11,13,15-17,27H,12,14H2,1-2H3,(H,28,29)/t17-/m1/s1. The van der Waals surface area contributed by atoms with Gasteiger partial charge in [-0.3, -0.25) is 9.78 Å². The fourth-order valence-corrected chi connectivity index (χ4v) is 4.76. The van der Waals surface area contributed by atoms with Crippen LogP contribution in [0.1, 0.15) is 34.8 Å². The third-order valence-electron chi connectivity index (χ3n) is 5.33. The van der Waals surface area contributed by atoms with Crippen LogP contribution in [0, 0.1) is 0 Å². The molecule has 2 aromatic heterocycles. The number of ether oxygens (including phenoxy) is 1. The lowest BCUT2D eigenvalue weighted by Crippen LogP contribution is -2.28. The summed E-state index contributed by atoms with van der Waals surface area (Å²) in [7, 11) is -2.55. The molecule has 0 aliphatic rings. The number of fused-ring (bicyclic) bond motifs is 1. The number of amides is 1. The predicted octanol–water partition coefficient (Wildman–Crippen LogP) is 3.85. The van der Waals surface area contributed by atoms with Crippen LogP contribution in [0.5, 0.6) is 5.75 Å². The van der Waals surface area contributed by atoms with Crippen molar-refractivity contribution in [3.05, 3.63) is 89.9 Å². The molecular formula is C25H25N3O5S. The zero-order chi connectivity index (χ0) is 24.1. The molecule has 0 aliphatic heterocycles. The van der Waals surface area contributed by atoms with E-state index < -0.39 is 22.0 Å². The third kappa shape index (κ3) is 5.27. The van der Waals surface area contributed by atoms with Gasteiger partial charge in [0.05, 0.1) is 13.2 Å². The molecule has 2 heterocycles. The first-order valence-corrected chi connectivity index (χ1v) is 12.2. The molecule has 34 heavy (non-hydrogen) atoms. The van der Waals surface area contributed by atoms with Crippen LogP contribution in [0.15, 0.2) is 82.2 Å². The molecule has 4 aromatic rings. The molecule has 0 bridgehead atoms. The molecule has 0 unspecified atom stereocenters. The van der Waals surface area contributed by atoms with E-state index in [-0.39, 0.29) is 22.8 Å². The third-order valence-corrected chi connectivity index (χ3v) is 6.82. The zero-order valence-corrected chi connectivity index (χ0v) is 19.6. The molecule has 8 nitrogen and oxygen atoms in total. The Morgan fingerprint density at radius 1 is 1.09 bits per heavy atom. The molecule has 2 aromatic carbocycles. The highest BCUT2D eigenvalue weighted by Crippen LogP contribution is 2.26. The van der Waals surface area contributed by atoms with Gasteiger partial charge in [0, 0.05) is 35.8 Å². The first kappa shape index (κ1) is 23.5. The summed E-state index contributed by atoms with van der Waals surface area (Å²) in [6.45, 7) is 1.96. The number of para-hydroxylation sites is 1. The minimum absolute atomic E-state index is 0.111. The lowest BCUT2D eigenvalue weighted by molar-refractivity contribution is 0.0935. The van der Waals surface area contributed by atoms with E-state index >= 15 is 0 Å². The molecule has 4 rings (SSSR count). The molecule has 1 amide bonds. The molecule has 176 valence electrons. The molecule has 1 atom stereocenters. The Labute approximate surface area is 198 Å². The maximum absolute atomic E-state index is 13.0. The van der Waals surface area contributed by atoms with Gasteiger partial charge < -0.3 is 14.5 Å². The number of methoxy groups -OCH3 is 1. The number of carbonyl (C=O) groups excluding carboxylic acids is 1. The fraction of sp³-hybridized carbons (Fsp3) is 0.200. The quantitative estimate of drug-likeness (QED) is 0.377. The van der Waals surface area contributed by atoms with Crippen molar-refractivity contribution >= 4 is 26.9 Å². The van der Waals surface area contributed by atoms with E-state index in [4.69, 9.17) is 9.15 Å². The van der Waals surface area contributed by atoms with Crippen LogP contribution >= 0.6 is 0 Å². The van der Waals surface area contributed by atoms with Crippen molar-refractivity contribution in [1.82, 2.24) is 15.0 Å². The van der Waals surface area contributed by atoms with Gasteiger partial charge in [-0.15, -0.1) is 0 Å². The monoisotopic (exact) mass is 479 g/mol. The molecule has 0 saturated carbocycles. The number of furan rings is 1. The van der Waals surface area contributed by atoms with Crippen molar-refractivity contribution in [2.24, 2.45) is 0 Å². The smallest absolute Gasteiger partial charge is 0.251 e. The van der Waals surface area contributed by atoms with E-state index in [0.717, 1.165) is 16.7 Å². The Bertz CT molecular complexity index is 1370. The molecule has 0 fully saturated rings. The number of sulfonamides is 1. The number of carbonyl (C=O) groups is 1. The summed E-state index contributed by atoms with van der Waals surface area (Å²) in [5.41, 5.74) is 1.69. The van der Waals surface area contributed by atoms with Crippen molar-refractivity contribution in [1.29, 1.82) is 0 Å². The Hall–Kier alpha value is -3.69. The Morgan fingerprint density at radius 2 is 1.88 bits per heavy atom. The van der Waals surface area contributed by atoms with Gasteiger partial charge in [-0.25, -0.2) is 13.1 Å². The van der Waals surface area contributed by atoms with Crippen molar-refractivity contribution in [3.63, 3.8) is 0 Å². The minimum atomic E-state index is -3.93. The molecular weight excluding hydrogens is 454 g/mol. The summed E-state index contributed by atoms with van der Waals surface area (Å²) < 4.78 is 39.5. The van der Waals surface area contributed by atoms with E-state index in [1.807, 2.05) is 42.5 Å². The molecule has 0 radical (unpaired) electrons. The van der Waals surface area contributed by atoms with E-state index in [2.05, 4.69) is 15.0 Å². The number of benzene rings is 2. The summed E-state index contributed by atoms with van der Waals surface area (Å²) in [6.07, 6.45) is 2.08. The average molecular weight is 480 g/mol. The Kier molecular flexibility index (Phi) is 6.95. The number of nitrogens with one attached hydrogen (secondary N) is 2. The summed E-state index contributed by atoms with van der Waals surface area (Å²) in [5, 5.41) is 3.80. The SMILES string of the molecule is COc1ccc(C(=O)N[C@H](C)c2cc3ccccc3o2)cc1S(=O)(=O)NCCc1ccccn1. The maximum atomic E-state index is 13.0. The summed E-state index contributed by atoms with van der Waals surface area (Å²) >= 11 is 0. The van der Waals surface area contributed by atoms with Crippen LogP contribution < -0.4 is 14.8 Å². The van der Waals surface area contributed by atoms with Gasteiger partial charge in [0.15, 0.2) is 0 Å². The van der Waals surface area contributed by atoms with E-state index in [9.17, 15) is 13.2 Å². The fourth-order valence-electron chi connectivity index (χ4n) is 3.53. The van der Waals surface area contributed by atoms with Crippen molar-refractivity contribution in [2.45, 2.75) is 24.3 Å². The second kappa shape index (κ2) is 10.1. The summed E-state index contributed by atoms with van der Waals surface area (Å²) in [5.74, 6) is 0.319. The number of nitrogens with zero attached hydrogens (tertiary/aromatic N) is 1. The molecule has 0 saturated heterocycles. The van der Waals surface area contributed by atoms with Gasteiger partial charge in [-0.1, -0.05) is 24.3 Å². The highest BCUT2D eigenvalue weighted by molar-refractivity contribution is 7.89. The number of aromatic nitrogens is 1. The van der Waals surface area contributed by atoms with Gasteiger partial charge in [-0.2, -0.15) is 0 Å². The normalized spacial score (nSPS) is 12.4. The summed E-state index contributed by atoms with van der Waals surface area (Å²) in [4.78, 5) is 17.0. The largest absolute Gasteiger partial charge is 0.495 e. The Morgan fingerprint density at radius 3 is 2.62 bits per heavy atom. The van der Waals surface area contributed by atoms with Gasteiger partial charge in [-0.05, 0) is 49.4 Å². The number of hydrogen-bond donors (Lipinski definition) is 2. The molecule has 0 aliphatic carbocycles. The Balaban J connectivity index is 1.49. The molecule has 0 spiro atoms. The number of hydrogen-bond acceptors (Lipinski definition) is 6. The van der Waals surface area contributed by atoms with Crippen LogP contribution in [-0.4, -0.2) is 33.0 Å². The van der Waals surface area contributed by atoms with Gasteiger partial charge >= 0.3 is 0 Å². The average Bonchev–Trinajstić information content (AvgIpc) is 3.29. The minimum Gasteiger partial charge on any atom is -0.495 e. The van der Waals surface area contributed by atoms with Crippen LogP contribution in [0.2, 0.25) is 0 Å². The number of rotatable bonds is 9. The highest BCUT2D eigenvalue weighted by Gasteiger charge is 2.23. The molecule has 9 heteroatoms. The van der Waals surface area contributed by atoms with Gasteiger partial charge in [0.25, 0.3) is 5.91 Å². The van der Waals surface area contributed by atoms with E-state index in [1.54, 1.807) is 19.2 Å². The number of pyridine rings is 1. The van der Waals surface area contributed by atoms with Crippen LogP contribution in [0.4, 0.5) is 0 Å². The highest BCUT2D eigenvalue weighted by atomic mass is 32.2. The lowest BCUT2D eigenvalue weighted by atomic mass is 10.1. The van der Waals surface area contributed by atoms with Crippen LogP contribution in [0.25, 0.3) is 11.0 Å². The lowest BCUT2D eigenvalue weighted by Gasteiger charge is -2.14. The second-order valence-corrected chi connectivity index (χ2v) is 9.45. The van der Waals surface area contributed by atoms with Crippen molar-refractivity contribution in [3.8, 4) is 5.75 Å². The zero-order valence-electron chi connectivity index (χ0n) is 18.8. The van der Waals surface area contributed by atoms with Gasteiger partial charge in [0.2, 0.25) is 10.0 Å². The maximum Gasteiger partial charge on any atom is 0.251 e. The van der Waals surface area contributed by atoms with Crippen molar-refractivity contribution < 1.29 is 22.4 Å². The van der Waals surface area contributed by atoms with E-state index in [0.29, 0.717) is 12.2 Å².